The zero-order valence-corrected chi connectivity index (χ0v) is 13.6. The lowest BCUT2D eigenvalue weighted by Crippen LogP contribution is -2.27. The van der Waals surface area contributed by atoms with Crippen molar-refractivity contribution in [2.24, 2.45) is 0 Å². The molecule has 6 heteroatoms. The molecule has 0 radical (unpaired) electrons. The van der Waals surface area contributed by atoms with Gasteiger partial charge in [-0.3, -0.25) is 14.5 Å². The highest BCUT2D eigenvalue weighted by Crippen LogP contribution is 2.09. The highest BCUT2D eigenvalue weighted by Gasteiger charge is 2.09. The van der Waals surface area contributed by atoms with E-state index < -0.39 is 5.43 Å². The van der Waals surface area contributed by atoms with E-state index in [0.29, 0.717) is 39.1 Å². The van der Waals surface area contributed by atoms with Gasteiger partial charge in [-0.05, 0) is 6.42 Å². The summed E-state index contributed by atoms with van der Waals surface area (Å²) in [5.41, 5.74) is 0.412. The number of aromatic hydroxyl groups is 1. The Morgan fingerprint density at radius 3 is 2.61 bits per heavy atom. The number of pyridine rings is 1. The van der Waals surface area contributed by atoms with Crippen molar-refractivity contribution in [3.63, 3.8) is 0 Å². The molecule has 126 valence electrons. The van der Waals surface area contributed by atoms with E-state index in [1.807, 2.05) is 4.57 Å². The first-order chi connectivity index (χ1) is 11.0. The van der Waals surface area contributed by atoms with Crippen LogP contribution >= 0.6 is 0 Å². The van der Waals surface area contributed by atoms with Crippen LogP contribution in [0, 0.1) is 0 Å². The van der Waals surface area contributed by atoms with E-state index in [-0.39, 0.29) is 11.7 Å². The summed E-state index contributed by atoms with van der Waals surface area (Å²) in [4.78, 5) is 24.7. The second-order valence-electron chi connectivity index (χ2n) is 5.32. The Labute approximate surface area is 136 Å². The molecule has 0 bridgehead atoms. The number of aromatic nitrogens is 1. The number of nitrogens with one attached hydrogen (secondary N) is 1. The second kappa shape index (κ2) is 9.63. The minimum absolute atomic E-state index is 0.0730. The molecular weight excluding hydrogens is 294 g/mol. The summed E-state index contributed by atoms with van der Waals surface area (Å²) < 4.78 is 1.84. The van der Waals surface area contributed by atoms with E-state index in [0.717, 1.165) is 5.69 Å². The molecule has 23 heavy (non-hydrogen) atoms. The zero-order chi connectivity index (χ0) is 17.2. The number of hydrogen-bond donors (Lipinski definition) is 2. The van der Waals surface area contributed by atoms with Crippen LogP contribution in [0.25, 0.3) is 0 Å². The first-order valence-electron chi connectivity index (χ1n) is 7.58. The van der Waals surface area contributed by atoms with Crippen LogP contribution in [0.1, 0.15) is 19.0 Å². The number of hydrogen-bond acceptors (Lipinski definition) is 4. The molecule has 2 N–H and O–H groups in total. The number of rotatable bonds is 10. The van der Waals surface area contributed by atoms with Crippen molar-refractivity contribution in [2.45, 2.75) is 26.4 Å². The Kier molecular flexibility index (Phi) is 7.83. The average molecular weight is 319 g/mol. The fourth-order valence-electron chi connectivity index (χ4n) is 2.26. The molecule has 0 spiro atoms. The fraction of sp³-hybridized carbons (Fsp3) is 0.412. The number of nitrogens with zero attached hydrogens (tertiary/aromatic N) is 2. The molecule has 0 aromatic carbocycles. The summed E-state index contributed by atoms with van der Waals surface area (Å²) >= 11 is 0. The molecular formula is C17H25N3O3. The minimum atomic E-state index is -0.393. The molecule has 0 aliphatic heterocycles. The molecule has 0 fully saturated rings. The molecule has 1 heterocycles. The number of aryl methyl sites for hydroxylation is 1. The molecule has 6 nitrogen and oxygen atoms in total. The van der Waals surface area contributed by atoms with Crippen molar-refractivity contribution in [3.8, 4) is 5.75 Å². The van der Waals surface area contributed by atoms with Gasteiger partial charge in [0.25, 0.3) is 0 Å². The molecule has 0 unspecified atom stereocenters. The van der Waals surface area contributed by atoms with Crippen molar-refractivity contribution in [1.82, 2.24) is 14.8 Å². The molecule has 0 saturated carbocycles. The highest BCUT2D eigenvalue weighted by atomic mass is 16.3. The molecule has 1 aromatic heterocycles. The van der Waals surface area contributed by atoms with E-state index in [4.69, 9.17) is 0 Å². The van der Waals surface area contributed by atoms with E-state index in [9.17, 15) is 14.7 Å². The zero-order valence-electron chi connectivity index (χ0n) is 13.6. The number of carbonyl (C=O) groups is 1. The van der Waals surface area contributed by atoms with Gasteiger partial charge in [0.05, 0.1) is 6.20 Å². The van der Waals surface area contributed by atoms with Crippen molar-refractivity contribution in [3.05, 3.63) is 53.5 Å². The number of carbonyl (C=O) groups excluding carboxylic acids is 1. The predicted octanol–water partition coefficient (Wildman–Crippen LogP) is 1.25. The average Bonchev–Trinajstić information content (AvgIpc) is 2.48. The maximum absolute atomic E-state index is 11.7. The normalized spacial score (nSPS) is 10.5. The predicted molar refractivity (Wildman–Crippen MR) is 91.3 cm³/mol. The van der Waals surface area contributed by atoms with Crippen molar-refractivity contribution in [2.75, 3.05) is 19.6 Å². The summed E-state index contributed by atoms with van der Waals surface area (Å²) in [6.07, 6.45) is 5.75. The van der Waals surface area contributed by atoms with Gasteiger partial charge in [-0.25, -0.2) is 0 Å². The topological polar surface area (TPSA) is 74.6 Å². The lowest BCUT2D eigenvalue weighted by atomic mass is 10.2. The van der Waals surface area contributed by atoms with Gasteiger partial charge >= 0.3 is 0 Å². The van der Waals surface area contributed by atoms with Crippen LogP contribution in [0.3, 0.4) is 0 Å². The van der Waals surface area contributed by atoms with Crippen LogP contribution < -0.4 is 10.7 Å². The van der Waals surface area contributed by atoms with E-state index in [1.165, 1.54) is 19.2 Å². The van der Waals surface area contributed by atoms with E-state index in [1.54, 1.807) is 12.2 Å². The fourth-order valence-corrected chi connectivity index (χ4v) is 2.26. The maximum atomic E-state index is 11.7. The molecule has 0 aliphatic rings. The Morgan fingerprint density at radius 2 is 2.04 bits per heavy atom. The first-order valence-corrected chi connectivity index (χ1v) is 7.58. The second-order valence-corrected chi connectivity index (χ2v) is 5.32. The molecule has 0 atom stereocenters. The van der Waals surface area contributed by atoms with Crippen molar-refractivity contribution in [1.29, 1.82) is 0 Å². The van der Waals surface area contributed by atoms with Gasteiger partial charge in [0, 0.05) is 51.4 Å². The van der Waals surface area contributed by atoms with Crippen LogP contribution in [-0.4, -0.2) is 40.1 Å². The monoisotopic (exact) mass is 319 g/mol. The quantitative estimate of drug-likeness (QED) is 0.503. The molecule has 0 aliphatic carbocycles. The van der Waals surface area contributed by atoms with E-state index >= 15 is 0 Å². The number of amides is 1. The van der Waals surface area contributed by atoms with Crippen molar-refractivity contribution < 1.29 is 9.90 Å². The Bertz CT molecular complexity index is 598. The summed E-state index contributed by atoms with van der Waals surface area (Å²) in [6, 6.07) is 1.45. The lowest BCUT2D eigenvalue weighted by Gasteiger charge is -2.22. The van der Waals surface area contributed by atoms with Crippen LogP contribution in [0.15, 0.2) is 42.4 Å². The summed E-state index contributed by atoms with van der Waals surface area (Å²) in [5.74, 6) is -0.344. The van der Waals surface area contributed by atoms with Gasteiger partial charge in [-0.15, -0.1) is 13.2 Å². The molecule has 1 rings (SSSR count). The Morgan fingerprint density at radius 1 is 1.39 bits per heavy atom. The smallest absolute Gasteiger partial charge is 0.223 e. The summed E-state index contributed by atoms with van der Waals surface area (Å²) in [6.45, 7) is 12.0. The Hall–Kier alpha value is -2.34. The Balaban J connectivity index is 2.88. The van der Waals surface area contributed by atoms with Crippen LogP contribution in [0.5, 0.6) is 5.75 Å². The highest BCUT2D eigenvalue weighted by molar-refractivity contribution is 5.72. The third kappa shape index (κ3) is 6.52. The van der Waals surface area contributed by atoms with E-state index in [2.05, 4.69) is 23.4 Å². The van der Waals surface area contributed by atoms with Crippen molar-refractivity contribution >= 4 is 5.91 Å². The van der Waals surface area contributed by atoms with Crippen LogP contribution in [-0.2, 0) is 17.9 Å². The summed E-state index contributed by atoms with van der Waals surface area (Å²) in [7, 11) is 0. The summed E-state index contributed by atoms with van der Waals surface area (Å²) in [5, 5.41) is 12.4. The third-order valence-electron chi connectivity index (χ3n) is 3.31. The molecule has 0 saturated heterocycles. The SMILES string of the molecule is C=CCN(CC=C)Cc1cc(=O)c(O)cn1CCCNC(C)=O. The van der Waals surface area contributed by atoms with Gasteiger partial charge in [0.15, 0.2) is 5.75 Å². The third-order valence-corrected chi connectivity index (χ3v) is 3.31. The largest absolute Gasteiger partial charge is 0.503 e. The van der Waals surface area contributed by atoms with Gasteiger partial charge in [0.1, 0.15) is 0 Å². The van der Waals surface area contributed by atoms with Gasteiger partial charge in [-0.1, -0.05) is 12.2 Å². The maximum Gasteiger partial charge on any atom is 0.223 e. The van der Waals surface area contributed by atoms with Crippen LogP contribution in [0.4, 0.5) is 0 Å². The van der Waals surface area contributed by atoms with Gasteiger partial charge < -0.3 is 15.0 Å². The molecule has 1 aromatic rings. The lowest BCUT2D eigenvalue weighted by molar-refractivity contribution is -0.118. The first kappa shape index (κ1) is 18.7. The van der Waals surface area contributed by atoms with Gasteiger partial charge in [0.2, 0.25) is 11.3 Å². The van der Waals surface area contributed by atoms with Gasteiger partial charge in [-0.2, -0.15) is 0 Å². The standard InChI is InChI=1S/C17H25N3O3/c1-4-8-19(9-5-2)12-15-11-16(22)17(23)13-20(15)10-6-7-18-14(3)21/h4-5,11,13,23H,1-2,6-10,12H2,3H3,(H,18,21). The minimum Gasteiger partial charge on any atom is -0.503 e. The van der Waals surface area contributed by atoms with Crippen LogP contribution in [0.2, 0.25) is 0 Å². The molecule has 1 amide bonds.